The SMILES string of the molecule is COc1ccc(C(=O)CN(CCC#N)CC(C)C)cc1Cl. The number of nitrogens with zero attached hydrogens (tertiary/aromatic N) is 2. The van der Waals surface area contributed by atoms with Gasteiger partial charge in [0.2, 0.25) is 0 Å². The van der Waals surface area contributed by atoms with Crippen LogP contribution in [0, 0.1) is 17.2 Å². The molecule has 0 radical (unpaired) electrons. The van der Waals surface area contributed by atoms with Gasteiger partial charge in [0, 0.05) is 25.1 Å². The number of benzene rings is 1. The Morgan fingerprint density at radius 2 is 2.19 bits per heavy atom. The zero-order valence-corrected chi connectivity index (χ0v) is 13.5. The molecule has 0 unspecified atom stereocenters. The summed E-state index contributed by atoms with van der Waals surface area (Å²) in [7, 11) is 1.54. The van der Waals surface area contributed by atoms with Crippen molar-refractivity contribution < 1.29 is 9.53 Å². The number of nitriles is 1. The number of ketones is 1. The summed E-state index contributed by atoms with van der Waals surface area (Å²) in [4.78, 5) is 14.3. The summed E-state index contributed by atoms with van der Waals surface area (Å²) in [6.45, 7) is 5.87. The lowest BCUT2D eigenvalue weighted by molar-refractivity contribution is 0.0924. The molecule has 0 heterocycles. The third kappa shape index (κ3) is 5.74. The van der Waals surface area contributed by atoms with Gasteiger partial charge < -0.3 is 4.74 Å². The Morgan fingerprint density at radius 3 is 2.71 bits per heavy atom. The van der Waals surface area contributed by atoms with Crippen molar-refractivity contribution in [1.82, 2.24) is 4.90 Å². The number of ether oxygens (including phenoxy) is 1. The molecule has 0 amide bonds. The van der Waals surface area contributed by atoms with Gasteiger partial charge in [-0.25, -0.2) is 0 Å². The molecule has 0 aliphatic heterocycles. The van der Waals surface area contributed by atoms with Crippen molar-refractivity contribution in [2.75, 3.05) is 26.7 Å². The summed E-state index contributed by atoms with van der Waals surface area (Å²) < 4.78 is 5.08. The molecule has 1 aromatic rings. The first-order chi connectivity index (χ1) is 9.97. The number of carbonyl (C=O) groups is 1. The van der Waals surface area contributed by atoms with Crippen LogP contribution < -0.4 is 4.74 Å². The lowest BCUT2D eigenvalue weighted by Crippen LogP contribution is -2.33. The summed E-state index contributed by atoms with van der Waals surface area (Å²) in [5.41, 5.74) is 0.562. The maximum Gasteiger partial charge on any atom is 0.176 e. The quantitative estimate of drug-likeness (QED) is 0.691. The number of hydrogen-bond acceptors (Lipinski definition) is 4. The van der Waals surface area contributed by atoms with E-state index in [9.17, 15) is 4.79 Å². The van der Waals surface area contributed by atoms with E-state index in [1.54, 1.807) is 18.2 Å². The molecule has 1 rings (SSSR count). The molecule has 0 atom stereocenters. The Bertz CT molecular complexity index is 523. The lowest BCUT2D eigenvalue weighted by atomic mass is 10.1. The molecule has 21 heavy (non-hydrogen) atoms. The lowest BCUT2D eigenvalue weighted by Gasteiger charge is -2.22. The molecular weight excluding hydrogens is 288 g/mol. The van der Waals surface area contributed by atoms with E-state index >= 15 is 0 Å². The third-order valence-corrected chi connectivity index (χ3v) is 3.30. The van der Waals surface area contributed by atoms with E-state index in [4.69, 9.17) is 21.6 Å². The highest BCUT2D eigenvalue weighted by Crippen LogP contribution is 2.25. The maximum atomic E-state index is 12.3. The van der Waals surface area contributed by atoms with E-state index < -0.39 is 0 Å². The van der Waals surface area contributed by atoms with E-state index in [0.29, 0.717) is 41.8 Å². The van der Waals surface area contributed by atoms with Crippen molar-refractivity contribution in [3.05, 3.63) is 28.8 Å². The number of hydrogen-bond donors (Lipinski definition) is 0. The predicted molar refractivity (Wildman–Crippen MR) is 83.8 cm³/mol. The van der Waals surface area contributed by atoms with Crippen molar-refractivity contribution in [2.45, 2.75) is 20.3 Å². The van der Waals surface area contributed by atoms with Gasteiger partial charge in [0.1, 0.15) is 5.75 Å². The molecule has 4 nitrogen and oxygen atoms in total. The van der Waals surface area contributed by atoms with Crippen LogP contribution in [0.4, 0.5) is 0 Å². The van der Waals surface area contributed by atoms with Gasteiger partial charge in [0.25, 0.3) is 0 Å². The second kappa shape index (κ2) is 8.66. The first-order valence-corrected chi connectivity index (χ1v) is 7.31. The molecule has 114 valence electrons. The first-order valence-electron chi connectivity index (χ1n) is 6.94. The summed E-state index contributed by atoms with van der Waals surface area (Å²) in [6.07, 6.45) is 0.420. The van der Waals surface area contributed by atoms with Crippen LogP contribution in [0.2, 0.25) is 5.02 Å². The van der Waals surface area contributed by atoms with Crippen LogP contribution in [0.5, 0.6) is 5.75 Å². The van der Waals surface area contributed by atoms with E-state index in [1.165, 1.54) is 7.11 Å². The molecular formula is C16H21ClN2O2. The summed E-state index contributed by atoms with van der Waals surface area (Å²) in [5, 5.41) is 9.13. The van der Waals surface area contributed by atoms with Crippen LogP contribution >= 0.6 is 11.6 Å². The van der Waals surface area contributed by atoms with Gasteiger partial charge in [-0.1, -0.05) is 25.4 Å². The second-order valence-electron chi connectivity index (χ2n) is 5.31. The average Bonchev–Trinajstić information content (AvgIpc) is 2.43. The molecule has 1 aromatic carbocycles. The number of methoxy groups -OCH3 is 1. The molecule has 0 bridgehead atoms. The molecule has 0 aromatic heterocycles. The number of rotatable bonds is 8. The maximum absolute atomic E-state index is 12.3. The Labute approximate surface area is 131 Å². The normalized spacial score (nSPS) is 10.7. The van der Waals surface area contributed by atoms with Gasteiger partial charge in [0.15, 0.2) is 5.78 Å². The van der Waals surface area contributed by atoms with Crippen LogP contribution in [0.1, 0.15) is 30.6 Å². The highest BCUT2D eigenvalue weighted by Gasteiger charge is 2.15. The van der Waals surface area contributed by atoms with E-state index in [-0.39, 0.29) is 5.78 Å². The summed E-state index contributed by atoms with van der Waals surface area (Å²) >= 11 is 6.04. The topological polar surface area (TPSA) is 53.3 Å². The van der Waals surface area contributed by atoms with Crippen LogP contribution in [-0.2, 0) is 0 Å². The molecule has 0 aliphatic carbocycles. The Morgan fingerprint density at radius 1 is 1.48 bits per heavy atom. The van der Waals surface area contributed by atoms with Gasteiger partial charge in [-0.15, -0.1) is 0 Å². The van der Waals surface area contributed by atoms with Crippen molar-refractivity contribution >= 4 is 17.4 Å². The van der Waals surface area contributed by atoms with E-state index in [1.807, 2.05) is 4.90 Å². The van der Waals surface area contributed by atoms with Gasteiger partial charge in [0.05, 0.1) is 24.7 Å². The molecule has 0 N–H and O–H groups in total. The third-order valence-electron chi connectivity index (χ3n) is 3.00. The first kappa shape index (κ1) is 17.5. The Kier molecular flexibility index (Phi) is 7.21. The van der Waals surface area contributed by atoms with Crippen LogP contribution in [-0.4, -0.2) is 37.4 Å². The standard InChI is InChI=1S/C16H21ClN2O2/c1-12(2)10-19(8-4-7-18)11-15(20)13-5-6-16(21-3)14(17)9-13/h5-6,9,12H,4,8,10-11H2,1-3H3. The highest BCUT2D eigenvalue weighted by molar-refractivity contribution is 6.32. The Hall–Kier alpha value is -1.57. The van der Waals surface area contributed by atoms with Gasteiger partial charge >= 0.3 is 0 Å². The van der Waals surface area contributed by atoms with Crippen molar-refractivity contribution in [3.63, 3.8) is 0 Å². The molecule has 0 saturated carbocycles. The zero-order chi connectivity index (χ0) is 15.8. The minimum atomic E-state index is -0.00172. The fourth-order valence-electron chi connectivity index (χ4n) is 2.09. The monoisotopic (exact) mass is 308 g/mol. The van der Waals surface area contributed by atoms with E-state index in [0.717, 1.165) is 6.54 Å². The van der Waals surface area contributed by atoms with Crippen LogP contribution in [0.3, 0.4) is 0 Å². The minimum absolute atomic E-state index is 0.00172. The fraction of sp³-hybridized carbons (Fsp3) is 0.500. The number of halogens is 1. The number of carbonyl (C=O) groups excluding carboxylic acids is 1. The molecule has 0 spiro atoms. The molecule has 5 heteroatoms. The molecule has 0 aliphatic rings. The second-order valence-corrected chi connectivity index (χ2v) is 5.72. The van der Waals surface area contributed by atoms with Crippen LogP contribution in [0.25, 0.3) is 0 Å². The highest BCUT2D eigenvalue weighted by atomic mass is 35.5. The molecule has 0 saturated heterocycles. The van der Waals surface area contributed by atoms with Crippen molar-refractivity contribution in [2.24, 2.45) is 5.92 Å². The van der Waals surface area contributed by atoms with Gasteiger partial charge in [-0.2, -0.15) is 5.26 Å². The molecule has 0 fully saturated rings. The predicted octanol–water partition coefficient (Wildman–Crippen LogP) is 3.40. The van der Waals surface area contributed by atoms with Crippen molar-refractivity contribution in [3.8, 4) is 11.8 Å². The fourth-order valence-corrected chi connectivity index (χ4v) is 2.35. The summed E-state index contributed by atoms with van der Waals surface area (Å²) in [5.74, 6) is 0.992. The van der Waals surface area contributed by atoms with Gasteiger partial charge in [-0.05, 0) is 24.1 Å². The Balaban J connectivity index is 2.76. The smallest absolute Gasteiger partial charge is 0.176 e. The summed E-state index contributed by atoms with van der Waals surface area (Å²) in [6, 6.07) is 7.15. The van der Waals surface area contributed by atoms with Crippen LogP contribution in [0.15, 0.2) is 18.2 Å². The van der Waals surface area contributed by atoms with Gasteiger partial charge in [-0.3, -0.25) is 9.69 Å². The van der Waals surface area contributed by atoms with E-state index in [2.05, 4.69) is 19.9 Å². The largest absolute Gasteiger partial charge is 0.495 e. The van der Waals surface area contributed by atoms with Crippen molar-refractivity contribution in [1.29, 1.82) is 5.26 Å². The number of Topliss-reactive ketones (excluding diaryl/α,β-unsaturated/α-hetero) is 1. The zero-order valence-electron chi connectivity index (χ0n) is 12.7. The minimum Gasteiger partial charge on any atom is -0.495 e. The average molecular weight is 309 g/mol.